The average Bonchev–Trinajstić information content (AvgIpc) is 2.16. The van der Waals surface area contributed by atoms with Gasteiger partial charge in [0.05, 0.1) is 6.61 Å². The predicted molar refractivity (Wildman–Crippen MR) is 49.8 cm³/mol. The average molecular weight is 236 g/mol. The maximum absolute atomic E-state index is 11.8. The molecule has 0 heterocycles. The molecule has 1 unspecified atom stereocenters. The molecule has 16 heavy (non-hydrogen) atoms. The van der Waals surface area contributed by atoms with Crippen molar-refractivity contribution in [3.05, 3.63) is 29.8 Å². The summed E-state index contributed by atoms with van der Waals surface area (Å²) >= 11 is 0. The Morgan fingerprint density at radius 3 is 2.06 bits per heavy atom. The van der Waals surface area contributed by atoms with Gasteiger partial charge >= 0.3 is 6.36 Å². The van der Waals surface area contributed by atoms with Gasteiger partial charge in [-0.25, -0.2) is 0 Å². The molecule has 6 heteroatoms. The summed E-state index contributed by atoms with van der Waals surface area (Å²) < 4.78 is 39.2. The van der Waals surface area contributed by atoms with Crippen molar-refractivity contribution >= 4 is 0 Å². The summed E-state index contributed by atoms with van der Waals surface area (Å²) in [6.07, 6.45) is -4.74. The second kappa shape index (κ2) is 4.31. The fraction of sp³-hybridized carbons (Fsp3) is 0.400. The number of rotatable bonds is 3. The molecule has 0 saturated heterocycles. The molecule has 0 aromatic heterocycles. The molecule has 3 nitrogen and oxygen atoms in total. The van der Waals surface area contributed by atoms with Crippen LogP contribution in [0.25, 0.3) is 0 Å². The number of ether oxygens (including phenoxy) is 1. The molecular formula is C10H11F3O3. The van der Waals surface area contributed by atoms with Crippen LogP contribution < -0.4 is 4.74 Å². The molecule has 0 spiro atoms. The lowest BCUT2D eigenvalue weighted by Gasteiger charge is -2.21. The molecule has 0 amide bonds. The van der Waals surface area contributed by atoms with E-state index < -0.39 is 18.6 Å². The van der Waals surface area contributed by atoms with Crippen LogP contribution in [0.5, 0.6) is 5.75 Å². The minimum atomic E-state index is -4.74. The van der Waals surface area contributed by atoms with Gasteiger partial charge in [-0.05, 0) is 24.6 Å². The molecule has 0 aliphatic carbocycles. The lowest BCUT2D eigenvalue weighted by Crippen LogP contribution is -2.25. The molecule has 1 aromatic rings. The van der Waals surface area contributed by atoms with E-state index in [1.54, 1.807) is 0 Å². The Hall–Kier alpha value is -1.27. The standard InChI is InChI=1S/C10H11F3O3/c1-9(15,6-14)7-2-4-8(5-3-7)16-10(11,12)13/h2-5,14-15H,6H2,1H3. The molecule has 1 rings (SSSR count). The third-order valence-electron chi connectivity index (χ3n) is 2.02. The third-order valence-corrected chi connectivity index (χ3v) is 2.02. The molecule has 0 aliphatic heterocycles. The van der Waals surface area contributed by atoms with Crippen LogP contribution in [0.15, 0.2) is 24.3 Å². The van der Waals surface area contributed by atoms with E-state index in [4.69, 9.17) is 5.11 Å². The summed E-state index contributed by atoms with van der Waals surface area (Å²) in [5.74, 6) is -0.370. The largest absolute Gasteiger partial charge is 0.573 e. The van der Waals surface area contributed by atoms with Crippen molar-refractivity contribution in [1.29, 1.82) is 0 Å². The van der Waals surface area contributed by atoms with Crippen molar-refractivity contribution in [2.75, 3.05) is 6.61 Å². The Balaban J connectivity index is 2.84. The van der Waals surface area contributed by atoms with Crippen LogP contribution >= 0.6 is 0 Å². The highest BCUT2D eigenvalue weighted by Crippen LogP contribution is 2.26. The Morgan fingerprint density at radius 1 is 1.19 bits per heavy atom. The highest BCUT2D eigenvalue weighted by Gasteiger charge is 2.31. The minimum Gasteiger partial charge on any atom is -0.406 e. The van der Waals surface area contributed by atoms with Crippen molar-refractivity contribution in [1.82, 2.24) is 0 Å². The summed E-state index contributed by atoms with van der Waals surface area (Å²) in [7, 11) is 0. The molecular weight excluding hydrogens is 225 g/mol. The zero-order chi connectivity index (χ0) is 12.4. The second-order valence-corrected chi connectivity index (χ2v) is 3.50. The van der Waals surface area contributed by atoms with Crippen LogP contribution in [-0.4, -0.2) is 23.2 Å². The third kappa shape index (κ3) is 3.39. The number of hydrogen-bond acceptors (Lipinski definition) is 3. The van der Waals surface area contributed by atoms with E-state index >= 15 is 0 Å². The van der Waals surface area contributed by atoms with E-state index in [1.165, 1.54) is 19.1 Å². The van der Waals surface area contributed by atoms with E-state index in [9.17, 15) is 18.3 Å². The maximum atomic E-state index is 11.8. The Labute approximate surface area is 90.1 Å². The summed E-state index contributed by atoms with van der Waals surface area (Å²) in [6, 6.07) is 4.68. The van der Waals surface area contributed by atoms with E-state index in [1.807, 2.05) is 0 Å². The Morgan fingerprint density at radius 2 is 1.69 bits per heavy atom. The Kier molecular flexibility index (Phi) is 3.44. The zero-order valence-electron chi connectivity index (χ0n) is 8.45. The normalized spacial score (nSPS) is 15.6. The van der Waals surface area contributed by atoms with Gasteiger partial charge < -0.3 is 14.9 Å². The van der Waals surface area contributed by atoms with Crippen LogP contribution in [0.1, 0.15) is 12.5 Å². The van der Waals surface area contributed by atoms with Gasteiger partial charge in [0.25, 0.3) is 0 Å². The van der Waals surface area contributed by atoms with Crippen molar-refractivity contribution in [2.45, 2.75) is 18.9 Å². The molecule has 2 N–H and O–H groups in total. The minimum absolute atomic E-state index is 0.310. The van der Waals surface area contributed by atoms with Crippen LogP contribution in [0.2, 0.25) is 0 Å². The lowest BCUT2D eigenvalue weighted by molar-refractivity contribution is -0.274. The molecule has 0 aliphatic rings. The van der Waals surface area contributed by atoms with Gasteiger partial charge in [-0.1, -0.05) is 12.1 Å². The first kappa shape index (κ1) is 12.8. The van der Waals surface area contributed by atoms with Crippen molar-refractivity contribution in [3.63, 3.8) is 0 Å². The number of alkyl halides is 3. The highest BCUT2D eigenvalue weighted by molar-refractivity contribution is 5.30. The van der Waals surface area contributed by atoms with E-state index in [0.29, 0.717) is 5.56 Å². The Bertz CT molecular complexity index is 343. The van der Waals surface area contributed by atoms with E-state index in [-0.39, 0.29) is 5.75 Å². The fourth-order valence-corrected chi connectivity index (χ4v) is 1.11. The molecule has 90 valence electrons. The van der Waals surface area contributed by atoms with Gasteiger partial charge in [-0.15, -0.1) is 13.2 Å². The number of benzene rings is 1. The number of aliphatic hydroxyl groups is 2. The molecule has 0 bridgehead atoms. The van der Waals surface area contributed by atoms with Crippen LogP contribution in [-0.2, 0) is 5.60 Å². The topological polar surface area (TPSA) is 49.7 Å². The molecule has 1 atom stereocenters. The van der Waals surface area contributed by atoms with Gasteiger partial charge in [-0.3, -0.25) is 0 Å². The smallest absolute Gasteiger partial charge is 0.406 e. The first-order valence-corrected chi connectivity index (χ1v) is 4.44. The van der Waals surface area contributed by atoms with Crippen LogP contribution in [0.4, 0.5) is 13.2 Å². The molecule has 1 aromatic carbocycles. The number of aliphatic hydroxyl groups excluding tert-OH is 1. The summed E-state index contributed by atoms with van der Waals surface area (Å²) in [5.41, 5.74) is -1.17. The van der Waals surface area contributed by atoms with Crippen LogP contribution in [0.3, 0.4) is 0 Å². The van der Waals surface area contributed by atoms with E-state index in [2.05, 4.69) is 4.74 Å². The predicted octanol–water partition coefficient (Wildman–Crippen LogP) is 1.78. The first-order valence-electron chi connectivity index (χ1n) is 4.44. The number of halogens is 3. The van der Waals surface area contributed by atoms with Gasteiger partial charge in [0, 0.05) is 0 Å². The fourth-order valence-electron chi connectivity index (χ4n) is 1.11. The summed E-state index contributed by atoms with van der Waals surface area (Å²) in [6.45, 7) is 0.832. The highest BCUT2D eigenvalue weighted by atomic mass is 19.4. The summed E-state index contributed by atoms with van der Waals surface area (Å²) in [4.78, 5) is 0. The zero-order valence-corrected chi connectivity index (χ0v) is 8.45. The van der Waals surface area contributed by atoms with Crippen molar-refractivity contribution < 1.29 is 28.1 Å². The molecule has 0 fully saturated rings. The second-order valence-electron chi connectivity index (χ2n) is 3.50. The van der Waals surface area contributed by atoms with Gasteiger partial charge in [0.2, 0.25) is 0 Å². The number of hydrogen-bond donors (Lipinski definition) is 2. The first-order chi connectivity index (χ1) is 7.24. The summed E-state index contributed by atoms with van der Waals surface area (Å²) in [5, 5.41) is 18.4. The SMILES string of the molecule is CC(O)(CO)c1ccc(OC(F)(F)F)cc1. The lowest BCUT2D eigenvalue weighted by atomic mass is 9.97. The monoisotopic (exact) mass is 236 g/mol. The van der Waals surface area contributed by atoms with Gasteiger partial charge in [0.15, 0.2) is 0 Å². The van der Waals surface area contributed by atoms with Gasteiger partial charge in [-0.2, -0.15) is 0 Å². The molecule has 0 radical (unpaired) electrons. The van der Waals surface area contributed by atoms with E-state index in [0.717, 1.165) is 12.1 Å². The van der Waals surface area contributed by atoms with Crippen LogP contribution in [0, 0.1) is 0 Å². The molecule has 0 saturated carbocycles. The van der Waals surface area contributed by atoms with Crippen molar-refractivity contribution in [2.24, 2.45) is 0 Å². The quantitative estimate of drug-likeness (QED) is 0.841. The van der Waals surface area contributed by atoms with Crippen molar-refractivity contribution in [3.8, 4) is 5.75 Å². The maximum Gasteiger partial charge on any atom is 0.573 e. The van der Waals surface area contributed by atoms with Gasteiger partial charge in [0.1, 0.15) is 11.4 Å².